The zero-order valence-electron chi connectivity index (χ0n) is 19.1. The van der Waals surface area contributed by atoms with Crippen LogP contribution in [0.2, 0.25) is 5.02 Å². The Bertz CT molecular complexity index is 953. The van der Waals surface area contributed by atoms with Gasteiger partial charge in [-0.1, -0.05) is 17.7 Å². The molecular formula is C25H32ClN3O3. The van der Waals surface area contributed by atoms with Crippen molar-refractivity contribution < 1.29 is 14.3 Å². The van der Waals surface area contributed by atoms with Crippen molar-refractivity contribution in [1.82, 2.24) is 15.2 Å². The van der Waals surface area contributed by atoms with Crippen molar-refractivity contribution >= 4 is 17.5 Å². The van der Waals surface area contributed by atoms with Gasteiger partial charge in [-0.15, -0.1) is 0 Å². The van der Waals surface area contributed by atoms with Crippen molar-refractivity contribution in [2.45, 2.75) is 64.2 Å². The predicted octanol–water partition coefficient (Wildman–Crippen LogP) is 4.30. The van der Waals surface area contributed by atoms with Gasteiger partial charge in [-0.3, -0.25) is 9.69 Å². The molecule has 2 atom stereocenters. The smallest absolute Gasteiger partial charge is 0.271 e. The third-order valence-corrected chi connectivity index (χ3v) is 7.25. The van der Waals surface area contributed by atoms with Gasteiger partial charge in [0.25, 0.3) is 5.91 Å². The van der Waals surface area contributed by atoms with E-state index in [9.17, 15) is 4.79 Å². The van der Waals surface area contributed by atoms with Gasteiger partial charge in [-0.05, 0) is 74.4 Å². The van der Waals surface area contributed by atoms with E-state index in [0.717, 1.165) is 25.1 Å². The number of amides is 1. The quantitative estimate of drug-likeness (QED) is 0.598. The summed E-state index contributed by atoms with van der Waals surface area (Å²) in [5, 5.41) is 3.57. The molecule has 2 aliphatic rings. The van der Waals surface area contributed by atoms with Crippen LogP contribution < -0.4 is 10.1 Å². The van der Waals surface area contributed by atoms with Gasteiger partial charge in [0.05, 0.1) is 11.6 Å². The summed E-state index contributed by atoms with van der Waals surface area (Å²) in [7, 11) is 1.68. The van der Waals surface area contributed by atoms with Crippen molar-refractivity contribution in [3.63, 3.8) is 0 Å². The number of carbonyl (C=O) groups is 1. The van der Waals surface area contributed by atoms with Crippen molar-refractivity contribution in [2.24, 2.45) is 0 Å². The number of carbonyl (C=O) groups excluding carboxylic acids is 1. The molecule has 2 aromatic rings. The van der Waals surface area contributed by atoms with E-state index in [1.807, 2.05) is 0 Å². The molecule has 0 aliphatic carbocycles. The van der Waals surface area contributed by atoms with Crippen LogP contribution in [0.3, 0.4) is 0 Å². The van der Waals surface area contributed by atoms with Crippen LogP contribution in [-0.4, -0.2) is 54.2 Å². The van der Waals surface area contributed by atoms with Crippen molar-refractivity contribution in [2.75, 3.05) is 20.3 Å². The Labute approximate surface area is 195 Å². The summed E-state index contributed by atoms with van der Waals surface area (Å²) in [5.74, 6) is 0.754. The molecule has 0 saturated carbocycles. The molecule has 1 amide bonds. The molecule has 1 N–H and O–H groups in total. The van der Waals surface area contributed by atoms with E-state index in [4.69, 9.17) is 21.1 Å². The SMILES string of the molecule is COCCOc1ccc(CN2C3CCC2CC(NC(=O)c2ncccc2Cl)C3)c(C)c1C. The summed E-state index contributed by atoms with van der Waals surface area (Å²) in [5.41, 5.74) is 4.14. The molecule has 2 fully saturated rings. The first-order valence-electron chi connectivity index (χ1n) is 11.4. The Morgan fingerprint density at radius 3 is 2.59 bits per heavy atom. The second-order valence-corrected chi connectivity index (χ2v) is 9.25. The third kappa shape index (κ3) is 4.92. The van der Waals surface area contributed by atoms with E-state index < -0.39 is 0 Å². The minimum atomic E-state index is -0.177. The van der Waals surface area contributed by atoms with Crippen LogP contribution in [0.1, 0.15) is 52.9 Å². The average Bonchev–Trinajstić information content (AvgIpc) is 3.00. The standard InChI is InChI=1S/C25H32ClN3O3/c1-16-17(2)23(32-12-11-31-3)9-6-18(16)15-29-20-7-8-21(29)14-19(13-20)28-25(30)24-22(26)5-4-10-27-24/h4-6,9-10,19-21H,7-8,11-15H2,1-3H3,(H,28,30). The number of hydrogen-bond acceptors (Lipinski definition) is 5. The minimum absolute atomic E-state index is 0.161. The molecule has 0 spiro atoms. The fourth-order valence-electron chi connectivity index (χ4n) is 5.07. The number of ether oxygens (including phenoxy) is 2. The summed E-state index contributed by atoms with van der Waals surface area (Å²) >= 11 is 6.15. The highest BCUT2D eigenvalue weighted by molar-refractivity contribution is 6.33. The molecule has 4 rings (SSSR count). The van der Waals surface area contributed by atoms with Crippen LogP contribution in [0.25, 0.3) is 0 Å². The van der Waals surface area contributed by atoms with Crippen molar-refractivity contribution in [1.29, 1.82) is 0 Å². The third-order valence-electron chi connectivity index (χ3n) is 6.94. The van der Waals surface area contributed by atoms with Crippen LogP contribution in [0, 0.1) is 13.8 Å². The van der Waals surface area contributed by atoms with Crippen LogP contribution >= 0.6 is 11.6 Å². The lowest BCUT2D eigenvalue weighted by molar-refractivity contribution is 0.0823. The number of piperidine rings is 1. The molecule has 1 aromatic heterocycles. The molecule has 32 heavy (non-hydrogen) atoms. The van der Waals surface area contributed by atoms with Gasteiger partial charge in [0, 0.05) is 38.0 Å². The maximum Gasteiger partial charge on any atom is 0.271 e. The van der Waals surface area contributed by atoms with Crippen LogP contribution in [-0.2, 0) is 11.3 Å². The molecular weight excluding hydrogens is 426 g/mol. The number of halogens is 1. The predicted molar refractivity (Wildman–Crippen MR) is 125 cm³/mol. The first-order valence-corrected chi connectivity index (χ1v) is 11.7. The Hall–Kier alpha value is -2.15. The number of hydrogen-bond donors (Lipinski definition) is 1. The largest absolute Gasteiger partial charge is 0.491 e. The molecule has 2 bridgehead atoms. The highest BCUT2D eigenvalue weighted by Crippen LogP contribution is 2.38. The van der Waals surface area contributed by atoms with E-state index in [0.29, 0.717) is 36.0 Å². The molecule has 172 valence electrons. The molecule has 0 radical (unpaired) electrons. The molecule has 2 unspecified atom stereocenters. The van der Waals surface area contributed by atoms with Crippen molar-refractivity contribution in [3.05, 3.63) is 57.9 Å². The molecule has 2 saturated heterocycles. The number of methoxy groups -OCH3 is 1. The lowest BCUT2D eigenvalue weighted by Crippen LogP contribution is -2.50. The monoisotopic (exact) mass is 457 g/mol. The van der Waals surface area contributed by atoms with Crippen molar-refractivity contribution in [3.8, 4) is 5.75 Å². The minimum Gasteiger partial charge on any atom is -0.491 e. The fraction of sp³-hybridized carbons (Fsp3) is 0.520. The maximum absolute atomic E-state index is 12.7. The molecule has 7 heteroatoms. The summed E-state index contributed by atoms with van der Waals surface area (Å²) in [6, 6.07) is 8.84. The summed E-state index contributed by atoms with van der Waals surface area (Å²) < 4.78 is 10.9. The van der Waals surface area contributed by atoms with Gasteiger partial charge in [-0.2, -0.15) is 0 Å². The van der Waals surface area contributed by atoms with Gasteiger partial charge in [-0.25, -0.2) is 4.98 Å². The zero-order valence-corrected chi connectivity index (χ0v) is 19.8. The number of pyridine rings is 1. The number of nitrogens with zero attached hydrogens (tertiary/aromatic N) is 2. The number of fused-ring (bicyclic) bond motifs is 2. The summed E-state index contributed by atoms with van der Waals surface area (Å²) in [6.07, 6.45) is 5.88. The Kier molecular flexibility index (Phi) is 7.33. The number of benzene rings is 1. The van der Waals surface area contributed by atoms with E-state index in [1.165, 1.54) is 29.5 Å². The van der Waals surface area contributed by atoms with Gasteiger partial charge < -0.3 is 14.8 Å². The molecule has 6 nitrogen and oxygen atoms in total. The second-order valence-electron chi connectivity index (χ2n) is 8.85. The highest BCUT2D eigenvalue weighted by Gasteiger charge is 2.41. The summed E-state index contributed by atoms with van der Waals surface area (Å²) in [6.45, 7) is 6.39. The number of aromatic nitrogens is 1. The normalized spacial score (nSPS) is 22.7. The van der Waals surface area contributed by atoms with E-state index in [-0.39, 0.29) is 11.9 Å². The molecule has 1 aromatic carbocycles. The van der Waals surface area contributed by atoms with Crippen LogP contribution in [0.15, 0.2) is 30.5 Å². The average molecular weight is 458 g/mol. The lowest BCUT2D eigenvalue weighted by Gasteiger charge is -2.39. The second kappa shape index (κ2) is 10.2. The molecule has 2 aliphatic heterocycles. The highest BCUT2D eigenvalue weighted by atomic mass is 35.5. The Morgan fingerprint density at radius 2 is 1.91 bits per heavy atom. The number of nitrogens with one attached hydrogen (secondary N) is 1. The lowest BCUT2D eigenvalue weighted by atomic mass is 9.95. The number of rotatable bonds is 8. The summed E-state index contributed by atoms with van der Waals surface area (Å²) in [4.78, 5) is 19.4. The van der Waals surface area contributed by atoms with Gasteiger partial charge in [0.1, 0.15) is 18.1 Å². The van der Waals surface area contributed by atoms with Gasteiger partial charge >= 0.3 is 0 Å². The topological polar surface area (TPSA) is 63.7 Å². The van der Waals surface area contributed by atoms with Crippen LogP contribution in [0.4, 0.5) is 0 Å². The van der Waals surface area contributed by atoms with Gasteiger partial charge in [0.2, 0.25) is 0 Å². The van der Waals surface area contributed by atoms with E-state index >= 15 is 0 Å². The Balaban J connectivity index is 1.39. The van der Waals surface area contributed by atoms with E-state index in [1.54, 1.807) is 25.4 Å². The zero-order chi connectivity index (χ0) is 22.7. The maximum atomic E-state index is 12.7. The fourth-order valence-corrected chi connectivity index (χ4v) is 5.28. The first kappa shape index (κ1) is 23.0. The van der Waals surface area contributed by atoms with Crippen LogP contribution in [0.5, 0.6) is 5.75 Å². The first-order chi connectivity index (χ1) is 15.5. The molecule has 3 heterocycles. The van der Waals surface area contributed by atoms with Gasteiger partial charge in [0.15, 0.2) is 0 Å². The Morgan fingerprint density at radius 1 is 1.16 bits per heavy atom. The van der Waals surface area contributed by atoms with E-state index in [2.05, 4.69) is 41.2 Å².